The second kappa shape index (κ2) is 5.53. The number of aliphatic hydroxyl groups is 5. The average Bonchev–Trinajstić information content (AvgIpc) is 2.12. The molecule has 0 aromatic rings. The number of carbonyl (C=O) groups is 1. The molecular weight excluding hydrogens is 200 g/mol. The van der Waals surface area contributed by atoms with E-state index in [4.69, 9.17) is 25.5 Å². The van der Waals surface area contributed by atoms with Crippen LogP contribution < -0.4 is 0 Å². The number of hydrogen-bond acceptors (Lipinski definition) is 6. The molecule has 0 spiro atoms. The van der Waals surface area contributed by atoms with Crippen LogP contribution in [-0.4, -0.2) is 61.7 Å². The fourth-order valence-corrected chi connectivity index (χ4v) is 0.821. The number of rotatable bonds is 5. The zero-order valence-electron chi connectivity index (χ0n) is 6.61. The molecule has 0 aliphatic heterocycles. The largest absolute Gasteiger partial charge is 0.394 e. The predicted molar refractivity (Wildman–Crippen MR) is 45.1 cm³/mol. The van der Waals surface area contributed by atoms with E-state index in [9.17, 15) is 4.79 Å². The van der Waals surface area contributed by atoms with Crippen molar-refractivity contribution in [2.24, 2.45) is 0 Å². The number of carbonyl (C=O) groups excluding carboxylic acids is 1. The van der Waals surface area contributed by atoms with Crippen molar-refractivity contribution in [3.63, 3.8) is 0 Å². The Hall–Kier alpha value is -0.180. The van der Waals surface area contributed by atoms with Gasteiger partial charge in [-0.25, -0.2) is 0 Å². The van der Waals surface area contributed by atoms with Crippen molar-refractivity contribution >= 4 is 17.7 Å². The van der Waals surface area contributed by atoms with Crippen molar-refractivity contribution in [1.29, 1.82) is 0 Å². The summed E-state index contributed by atoms with van der Waals surface area (Å²) in [6.45, 7) is -0.786. The Morgan fingerprint density at radius 1 is 1.15 bits per heavy atom. The van der Waals surface area contributed by atoms with Gasteiger partial charge in [-0.3, -0.25) is 4.79 Å². The number of thiol groups is 1. The maximum absolute atomic E-state index is 10.4. The molecule has 0 saturated heterocycles. The molecule has 7 heteroatoms. The Labute approximate surface area is 79.9 Å². The minimum absolute atomic E-state index is 0.786. The first-order chi connectivity index (χ1) is 5.91. The van der Waals surface area contributed by atoms with Crippen molar-refractivity contribution < 1.29 is 30.3 Å². The molecule has 5 N–H and O–H groups in total. The molecule has 0 aromatic carbocycles. The summed E-state index contributed by atoms with van der Waals surface area (Å²) in [6, 6.07) is 0. The fourth-order valence-electron chi connectivity index (χ4n) is 0.668. The number of aliphatic hydroxyl groups excluding tert-OH is 5. The lowest BCUT2D eigenvalue weighted by Gasteiger charge is -2.23. The molecule has 78 valence electrons. The van der Waals surface area contributed by atoms with Crippen LogP contribution in [0.25, 0.3) is 0 Å². The van der Waals surface area contributed by atoms with Crippen LogP contribution in [0.5, 0.6) is 0 Å². The predicted octanol–water partition coefficient (Wildman–Crippen LogP) is -3.12. The summed E-state index contributed by atoms with van der Waals surface area (Å²) in [5.41, 5.74) is 0. The van der Waals surface area contributed by atoms with Crippen molar-refractivity contribution in [3.05, 3.63) is 0 Å². The van der Waals surface area contributed by atoms with Gasteiger partial charge in [0.2, 0.25) is 5.12 Å². The SMILES string of the molecule is O=C(S)[C@@H](O)[C@@H](O)[C@H](O)[C@H](O)CO. The van der Waals surface area contributed by atoms with Crippen LogP contribution in [0.15, 0.2) is 0 Å². The van der Waals surface area contributed by atoms with Crippen LogP contribution in [0, 0.1) is 0 Å². The first-order valence-corrected chi connectivity index (χ1v) is 3.92. The van der Waals surface area contributed by atoms with E-state index < -0.39 is 36.1 Å². The third kappa shape index (κ3) is 3.59. The maximum atomic E-state index is 10.4. The van der Waals surface area contributed by atoms with Gasteiger partial charge in [-0.1, -0.05) is 0 Å². The van der Waals surface area contributed by atoms with Crippen LogP contribution in [0.2, 0.25) is 0 Å². The molecule has 0 heterocycles. The van der Waals surface area contributed by atoms with Crippen molar-refractivity contribution in [3.8, 4) is 0 Å². The third-order valence-electron chi connectivity index (χ3n) is 1.51. The van der Waals surface area contributed by atoms with E-state index in [1.165, 1.54) is 0 Å². The van der Waals surface area contributed by atoms with Gasteiger partial charge in [0, 0.05) is 0 Å². The van der Waals surface area contributed by atoms with Crippen LogP contribution >= 0.6 is 12.6 Å². The fraction of sp³-hybridized carbons (Fsp3) is 0.833. The molecule has 0 aliphatic rings. The van der Waals surface area contributed by atoms with E-state index in [1.54, 1.807) is 0 Å². The minimum Gasteiger partial charge on any atom is -0.394 e. The Kier molecular flexibility index (Phi) is 5.45. The summed E-state index contributed by atoms with van der Waals surface area (Å²) in [4.78, 5) is 10.4. The van der Waals surface area contributed by atoms with E-state index in [2.05, 4.69) is 12.6 Å². The molecule has 4 atom stereocenters. The highest BCUT2D eigenvalue weighted by Gasteiger charge is 2.32. The van der Waals surface area contributed by atoms with E-state index in [1.807, 2.05) is 0 Å². The highest BCUT2D eigenvalue weighted by molar-refractivity contribution is 7.96. The molecule has 0 radical (unpaired) electrons. The summed E-state index contributed by atoms with van der Waals surface area (Å²) >= 11 is 3.22. The van der Waals surface area contributed by atoms with Crippen LogP contribution in [0.1, 0.15) is 0 Å². The smallest absolute Gasteiger partial charge is 0.217 e. The molecule has 0 aliphatic carbocycles. The first kappa shape index (κ1) is 12.8. The molecule has 0 aromatic heterocycles. The highest BCUT2D eigenvalue weighted by atomic mass is 32.1. The minimum atomic E-state index is -1.89. The van der Waals surface area contributed by atoms with Gasteiger partial charge in [0.15, 0.2) is 6.10 Å². The maximum Gasteiger partial charge on any atom is 0.217 e. The van der Waals surface area contributed by atoms with Gasteiger partial charge in [-0.05, 0) is 0 Å². The van der Waals surface area contributed by atoms with Gasteiger partial charge in [0.25, 0.3) is 0 Å². The lowest BCUT2D eigenvalue weighted by atomic mass is 10.0. The van der Waals surface area contributed by atoms with Gasteiger partial charge in [-0.15, -0.1) is 12.6 Å². The molecule has 0 rings (SSSR count). The molecule has 6 nitrogen and oxygen atoms in total. The summed E-state index contributed by atoms with van der Waals surface area (Å²) in [5.74, 6) is 0. The summed E-state index contributed by atoms with van der Waals surface area (Å²) in [6.07, 6.45) is -7.17. The van der Waals surface area contributed by atoms with Gasteiger partial charge in [0.1, 0.15) is 18.3 Å². The second-order valence-corrected chi connectivity index (χ2v) is 2.95. The van der Waals surface area contributed by atoms with Gasteiger partial charge < -0.3 is 25.5 Å². The van der Waals surface area contributed by atoms with E-state index >= 15 is 0 Å². The van der Waals surface area contributed by atoms with Gasteiger partial charge >= 0.3 is 0 Å². The molecule has 0 fully saturated rings. The molecule has 13 heavy (non-hydrogen) atoms. The molecule has 0 bridgehead atoms. The van der Waals surface area contributed by atoms with E-state index in [0.29, 0.717) is 0 Å². The molecule has 0 unspecified atom stereocenters. The standard InChI is InChI=1S/C6H12O6S/c7-1-2(8)3(9)4(10)5(11)6(12)13/h2-5,7-11H,1H2,(H,12,13)/t2-,3-,4+,5+/m1/s1. The summed E-state index contributed by atoms with van der Waals surface area (Å²) in [5, 5.41) is 43.1. The molecular formula is C6H12O6S. The van der Waals surface area contributed by atoms with Crippen molar-refractivity contribution in [2.45, 2.75) is 24.4 Å². The monoisotopic (exact) mass is 212 g/mol. The van der Waals surface area contributed by atoms with Crippen LogP contribution in [0.4, 0.5) is 0 Å². The van der Waals surface area contributed by atoms with Gasteiger partial charge in [0.05, 0.1) is 6.61 Å². The lowest BCUT2D eigenvalue weighted by Crippen LogP contribution is -2.47. The van der Waals surface area contributed by atoms with Crippen LogP contribution in [-0.2, 0) is 4.79 Å². The first-order valence-electron chi connectivity index (χ1n) is 3.47. The quantitative estimate of drug-likeness (QED) is 0.268. The van der Waals surface area contributed by atoms with E-state index in [-0.39, 0.29) is 0 Å². The molecule has 0 amide bonds. The van der Waals surface area contributed by atoms with Crippen LogP contribution in [0.3, 0.4) is 0 Å². The summed E-state index contributed by atoms with van der Waals surface area (Å²) in [7, 11) is 0. The Balaban J connectivity index is 4.24. The van der Waals surface area contributed by atoms with Crippen molar-refractivity contribution in [2.75, 3.05) is 6.61 Å². The summed E-state index contributed by atoms with van der Waals surface area (Å²) < 4.78 is 0. The zero-order valence-corrected chi connectivity index (χ0v) is 7.50. The third-order valence-corrected chi connectivity index (χ3v) is 1.77. The Morgan fingerprint density at radius 2 is 1.62 bits per heavy atom. The second-order valence-electron chi connectivity index (χ2n) is 2.51. The Bertz CT molecular complexity index is 175. The highest BCUT2D eigenvalue weighted by Crippen LogP contribution is 2.06. The molecule has 0 saturated carbocycles. The van der Waals surface area contributed by atoms with Crippen molar-refractivity contribution in [1.82, 2.24) is 0 Å². The van der Waals surface area contributed by atoms with E-state index in [0.717, 1.165) is 0 Å². The Morgan fingerprint density at radius 3 is 1.92 bits per heavy atom. The normalized spacial score (nSPS) is 20.5. The zero-order chi connectivity index (χ0) is 10.6. The topological polar surface area (TPSA) is 118 Å². The van der Waals surface area contributed by atoms with Gasteiger partial charge in [-0.2, -0.15) is 0 Å². The number of hydrogen-bond donors (Lipinski definition) is 6. The lowest BCUT2D eigenvalue weighted by molar-refractivity contribution is -0.139. The average molecular weight is 212 g/mol.